The number of nitrogens with one attached hydrogen (secondary N) is 1. The Morgan fingerprint density at radius 3 is 2.75 bits per heavy atom. The first-order valence-corrected chi connectivity index (χ1v) is 8.43. The van der Waals surface area contributed by atoms with Gasteiger partial charge in [0.15, 0.2) is 9.84 Å². The van der Waals surface area contributed by atoms with Crippen LogP contribution in [0.25, 0.3) is 0 Å². The summed E-state index contributed by atoms with van der Waals surface area (Å²) in [6, 6.07) is 3.74. The molecule has 1 fully saturated rings. The van der Waals surface area contributed by atoms with Crippen LogP contribution < -0.4 is 10.1 Å². The molecule has 2 atom stereocenters. The summed E-state index contributed by atoms with van der Waals surface area (Å²) in [6.45, 7) is 0. The zero-order valence-electron chi connectivity index (χ0n) is 11.7. The Morgan fingerprint density at radius 1 is 1.40 bits per heavy atom. The van der Waals surface area contributed by atoms with Crippen LogP contribution in [0.1, 0.15) is 30.9 Å². The van der Waals surface area contributed by atoms with Crippen LogP contribution in [0.3, 0.4) is 0 Å². The lowest BCUT2D eigenvalue weighted by atomic mass is 9.98. The molecule has 1 aromatic carbocycles. The second-order valence-electron chi connectivity index (χ2n) is 5.05. The van der Waals surface area contributed by atoms with E-state index in [-0.39, 0.29) is 5.75 Å². The minimum absolute atomic E-state index is 0.202. The van der Waals surface area contributed by atoms with Gasteiger partial charge < -0.3 is 10.1 Å². The molecule has 2 rings (SSSR count). The van der Waals surface area contributed by atoms with E-state index in [1.54, 1.807) is 7.05 Å². The summed E-state index contributed by atoms with van der Waals surface area (Å²) < 4.78 is 43.3. The summed E-state index contributed by atoms with van der Waals surface area (Å²) in [7, 11) is 0.0311. The number of hydrogen-bond donors (Lipinski definition) is 1. The molecule has 6 heteroatoms. The Bertz CT molecular complexity index is 574. The van der Waals surface area contributed by atoms with Crippen molar-refractivity contribution in [2.45, 2.75) is 30.6 Å². The van der Waals surface area contributed by atoms with E-state index in [0.717, 1.165) is 6.42 Å². The monoisotopic (exact) mass is 301 g/mol. The van der Waals surface area contributed by atoms with Crippen molar-refractivity contribution in [3.63, 3.8) is 0 Å². The van der Waals surface area contributed by atoms with Gasteiger partial charge in [0.1, 0.15) is 11.6 Å². The highest BCUT2D eigenvalue weighted by Crippen LogP contribution is 2.35. The van der Waals surface area contributed by atoms with Gasteiger partial charge in [-0.05, 0) is 38.1 Å². The van der Waals surface area contributed by atoms with Gasteiger partial charge in [-0.25, -0.2) is 12.8 Å². The predicted molar refractivity (Wildman–Crippen MR) is 76.2 cm³/mol. The van der Waals surface area contributed by atoms with Crippen molar-refractivity contribution in [2.75, 3.05) is 19.9 Å². The number of rotatable bonds is 4. The molecule has 0 aromatic heterocycles. The van der Waals surface area contributed by atoms with E-state index in [1.165, 1.54) is 25.3 Å². The molecule has 1 aliphatic rings. The number of methoxy groups -OCH3 is 1. The minimum atomic E-state index is -3.16. The average molecular weight is 301 g/mol. The summed E-state index contributed by atoms with van der Waals surface area (Å²) in [6.07, 6.45) is 2.17. The molecule has 2 unspecified atom stereocenters. The van der Waals surface area contributed by atoms with Crippen molar-refractivity contribution in [3.05, 3.63) is 29.6 Å². The number of hydrogen-bond acceptors (Lipinski definition) is 4. The fraction of sp³-hybridized carbons (Fsp3) is 0.571. The van der Waals surface area contributed by atoms with Crippen molar-refractivity contribution >= 4 is 9.84 Å². The zero-order valence-corrected chi connectivity index (χ0v) is 12.5. The van der Waals surface area contributed by atoms with E-state index >= 15 is 0 Å². The van der Waals surface area contributed by atoms with Crippen LogP contribution in [0.15, 0.2) is 18.2 Å². The Hall–Kier alpha value is -1.14. The highest BCUT2D eigenvalue weighted by molar-refractivity contribution is 7.92. The van der Waals surface area contributed by atoms with Gasteiger partial charge in [-0.1, -0.05) is 6.42 Å². The molecular formula is C14H20FNO3S. The topological polar surface area (TPSA) is 55.4 Å². The van der Waals surface area contributed by atoms with Crippen LogP contribution in [0.4, 0.5) is 4.39 Å². The van der Waals surface area contributed by atoms with E-state index in [9.17, 15) is 12.8 Å². The Morgan fingerprint density at radius 2 is 2.15 bits per heavy atom. The third-order valence-corrected chi connectivity index (χ3v) is 6.13. The quantitative estimate of drug-likeness (QED) is 0.925. The Kier molecular flexibility index (Phi) is 4.65. The van der Waals surface area contributed by atoms with Crippen molar-refractivity contribution in [2.24, 2.45) is 0 Å². The molecule has 1 N–H and O–H groups in total. The second kappa shape index (κ2) is 6.10. The molecule has 1 aromatic rings. The minimum Gasteiger partial charge on any atom is -0.496 e. The summed E-state index contributed by atoms with van der Waals surface area (Å²) in [4.78, 5) is 0. The Labute approximate surface area is 119 Å². The first-order chi connectivity index (χ1) is 9.49. The van der Waals surface area contributed by atoms with Crippen LogP contribution >= 0.6 is 0 Å². The number of halogens is 1. The van der Waals surface area contributed by atoms with E-state index in [4.69, 9.17) is 4.74 Å². The van der Waals surface area contributed by atoms with Gasteiger partial charge in [0.25, 0.3) is 0 Å². The first-order valence-electron chi connectivity index (χ1n) is 6.72. The van der Waals surface area contributed by atoms with E-state index < -0.39 is 26.9 Å². The SMILES string of the molecule is CNC(c1cc(F)ccc1OC)C1CCCCS1(=O)=O. The standard InChI is InChI=1S/C14H20FNO3S/c1-16-14(13-5-3-4-8-20(13,17)18)11-9-10(15)6-7-12(11)19-2/h6-7,9,13-14,16H,3-5,8H2,1-2H3. The molecule has 1 saturated heterocycles. The van der Waals surface area contributed by atoms with Gasteiger partial charge in [-0.15, -0.1) is 0 Å². The normalized spacial score (nSPS) is 23.2. The van der Waals surface area contributed by atoms with Gasteiger partial charge >= 0.3 is 0 Å². The third kappa shape index (κ3) is 2.96. The number of benzene rings is 1. The largest absolute Gasteiger partial charge is 0.496 e. The van der Waals surface area contributed by atoms with Crippen molar-refractivity contribution in [3.8, 4) is 5.75 Å². The molecule has 0 saturated carbocycles. The molecule has 20 heavy (non-hydrogen) atoms. The maximum atomic E-state index is 13.5. The molecule has 4 nitrogen and oxygen atoms in total. The fourth-order valence-electron chi connectivity index (χ4n) is 2.84. The van der Waals surface area contributed by atoms with Crippen LogP contribution in [-0.2, 0) is 9.84 Å². The molecule has 112 valence electrons. The molecule has 0 radical (unpaired) electrons. The van der Waals surface area contributed by atoms with Crippen LogP contribution in [0.2, 0.25) is 0 Å². The number of ether oxygens (including phenoxy) is 1. The summed E-state index contributed by atoms with van der Waals surface area (Å²) >= 11 is 0. The summed E-state index contributed by atoms with van der Waals surface area (Å²) in [5, 5.41) is 2.49. The molecule has 0 spiro atoms. The molecule has 1 heterocycles. The van der Waals surface area contributed by atoms with Crippen molar-refractivity contribution in [1.29, 1.82) is 0 Å². The van der Waals surface area contributed by atoms with Crippen molar-refractivity contribution < 1.29 is 17.5 Å². The lowest BCUT2D eigenvalue weighted by Crippen LogP contribution is -2.39. The molecule has 0 aliphatic carbocycles. The molecule has 0 bridgehead atoms. The van der Waals surface area contributed by atoms with Crippen molar-refractivity contribution in [1.82, 2.24) is 5.32 Å². The summed E-state index contributed by atoms with van der Waals surface area (Å²) in [5.74, 6) is 0.314. The first kappa shape index (κ1) is 15.3. The Balaban J connectivity index is 2.44. The maximum absolute atomic E-state index is 13.5. The lowest BCUT2D eigenvalue weighted by Gasteiger charge is -2.31. The predicted octanol–water partition coefficient (Wildman–Crippen LogP) is 2.06. The van der Waals surface area contributed by atoms with E-state index in [1.807, 2.05) is 0 Å². The average Bonchev–Trinajstić information content (AvgIpc) is 2.41. The second-order valence-corrected chi connectivity index (χ2v) is 7.39. The van der Waals surface area contributed by atoms with Gasteiger partial charge in [-0.2, -0.15) is 0 Å². The van der Waals surface area contributed by atoms with E-state index in [2.05, 4.69) is 5.32 Å². The smallest absolute Gasteiger partial charge is 0.155 e. The maximum Gasteiger partial charge on any atom is 0.155 e. The zero-order chi connectivity index (χ0) is 14.8. The highest BCUT2D eigenvalue weighted by Gasteiger charge is 2.36. The fourth-order valence-corrected chi connectivity index (χ4v) is 4.98. The molecular weight excluding hydrogens is 281 g/mol. The highest BCUT2D eigenvalue weighted by atomic mass is 32.2. The van der Waals surface area contributed by atoms with Gasteiger partial charge in [-0.3, -0.25) is 0 Å². The van der Waals surface area contributed by atoms with Crippen LogP contribution in [0.5, 0.6) is 5.75 Å². The molecule has 1 aliphatic heterocycles. The summed E-state index contributed by atoms with van der Waals surface area (Å²) in [5.41, 5.74) is 0.561. The number of sulfone groups is 1. The van der Waals surface area contributed by atoms with Crippen LogP contribution in [-0.4, -0.2) is 33.6 Å². The van der Waals surface area contributed by atoms with Gasteiger partial charge in [0.2, 0.25) is 0 Å². The van der Waals surface area contributed by atoms with E-state index in [0.29, 0.717) is 24.2 Å². The molecule has 0 amide bonds. The van der Waals surface area contributed by atoms with Gasteiger partial charge in [0.05, 0.1) is 24.2 Å². The third-order valence-electron chi connectivity index (χ3n) is 3.84. The van der Waals surface area contributed by atoms with Gasteiger partial charge in [0, 0.05) is 5.56 Å². The lowest BCUT2D eigenvalue weighted by molar-refractivity contribution is 0.392. The van der Waals surface area contributed by atoms with Crippen LogP contribution in [0, 0.1) is 5.82 Å².